The van der Waals surface area contributed by atoms with Crippen molar-refractivity contribution < 1.29 is 14.3 Å². The monoisotopic (exact) mass is 245 g/mol. The van der Waals surface area contributed by atoms with E-state index in [2.05, 4.69) is 5.32 Å². The van der Waals surface area contributed by atoms with E-state index >= 15 is 0 Å². The molecule has 0 spiro atoms. The molecule has 0 unspecified atom stereocenters. The summed E-state index contributed by atoms with van der Waals surface area (Å²) in [5.74, 6) is -0.684. The van der Waals surface area contributed by atoms with Crippen molar-refractivity contribution in [2.45, 2.75) is 6.54 Å². The van der Waals surface area contributed by atoms with Gasteiger partial charge < -0.3 is 10.4 Å². The molecule has 1 amide bonds. The first-order chi connectivity index (χ1) is 8.66. The summed E-state index contributed by atoms with van der Waals surface area (Å²) in [5, 5.41) is 11.8. The second-order valence-electron chi connectivity index (χ2n) is 3.82. The number of amides is 1. The van der Waals surface area contributed by atoms with Crippen molar-refractivity contribution in [3.8, 4) is 5.75 Å². The fourth-order valence-corrected chi connectivity index (χ4v) is 1.57. The van der Waals surface area contributed by atoms with Crippen molar-refractivity contribution in [2.24, 2.45) is 0 Å². The molecule has 0 fully saturated rings. The minimum absolute atomic E-state index is 0.0218. The van der Waals surface area contributed by atoms with Gasteiger partial charge in [0.2, 0.25) is 0 Å². The summed E-state index contributed by atoms with van der Waals surface area (Å²) in [4.78, 5) is 11.7. The van der Waals surface area contributed by atoms with Crippen molar-refractivity contribution in [2.75, 3.05) is 0 Å². The van der Waals surface area contributed by atoms with Gasteiger partial charge in [-0.25, -0.2) is 4.39 Å². The van der Waals surface area contributed by atoms with Crippen LogP contribution in [0.1, 0.15) is 15.9 Å². The number of carbonyl (C=O) groups excluding carboxylic acids is 1. The number of phenolic OH excluding ortho intramolecular Hbond substituents is 1. The Kier molecular flexibility index (Phi) is 3.57. The molecule has 0 aliphatic heterocycles. The Morgan fingerprint density at radius 1 is 1.17 bits per heavy atom. The van der Waals surface area contributed by atoms with Gasteiger partial charge in [0.15, 0.2) is 0 Å². The molecule has 2 N–H and O–H groups in total. The molecular weight excluding hydrogens is 233 g/mol. The summed E-state index contributed by atoms with van der Waals surface area (Å²) < 4.78 is 13.3. The normalized spacial score (nSPS) is 10.1. The second-order valence-corrected chi connectivity index (χ2v) is 3.82. The molecular formula is C14H12FNO2. The van der Waals surface area contributed by atoms with Gasteiger partial charge in [0.25, 0.3) is 5.91 Å². The van der Waals surface area contributed by atoms with E-state index in [1.165, 1.54) is 18.2 Å². The molecule has 2 aromatic carbocycles. The molecule has 0 atom stereocenters. The fraction of sp³-hybridized carbons (Fsp3) is 0.0714. The first-order valence-electron chi connectivity index (χ1n) is 5.47. The summed E-state index contributed by atoms with van der Waals surface area (Å²) in [6.07, 6.45) is 0. The molecule has 0 heterocycles. The molecule has 0 bridgehead atoms. The Morgan fingerprint density at radius 3 is 2.67 bits per heavy atom. The number of hydrogen-bond acceptors (Lipinski definition) is 2. The Morgan fingerprint density at radius 2 is 1.94 bits per heavy atom. The molecule has 0 aromatic heterocycles. The highest BCUT2D eigenvalue weighted by molar-refractivity contribution is 5.94. The van der Waals surface area contributed by atoms with Crippen LogP contribution in [0.2, 0.25) is 0 Å². The topological polar surface area (TPSA) is 49.3 Å². The zero-order valence-electron chi connectivity index (χ0n) is 9.56. The maximum atomic E-state index is 13.3. The summed E-state index contributed by atoms with van der Waals surface area (Å²) in [6, 6.07) is 12.2. The number of aromatic hydroxyl groups is 1. The maximum Gasteiger partial charge on any atom is 0.251 e. The lowest BCUT2D eigenvalue weighted by Gasteiger charge is -2.06. The molecule has 3 nitrogen and oxygen atoms in total. The SMILES string of the molecule is O=C(NCc1ccccc1F)c1cccc(O)c1. The second kappa shape index (κ2) is 5.31. The van der Waals surface area contributed by atoms with Gasteiger partial charge in [-0.3, -0.25) is 4.79 Å². The van der Waals surface area contributed by atoms with E-state index in [4.69, 9.17) is 0 Å². The first kappa shape index (κ1) is 12.1. The van der Waals surface area contributed by atoms with Gasteiger partial charge in [0, 0.05) is 17.7 Å². The van der Waals surface area contributed by atoms with Crippen LogP contribution in [0.25, 0.3) is 0 Å². The van der Waals surface area contributed by atoms with Crippen LogP contribution in [0.5, 0.6) is 5.75 Å². The van der Waals surface area contributed by atoms with Gasteiger partial charge in [-0.2, -0.15) is 0 Å². The number of halogens is 1. The van der Waals surface area contributed by atoms with Gasteiger partial charge >= 0.3 is 0 Å². The molecule has 4 heteroatoms. The third kappa shape index (κ3) is 2.85. The van der Waals surface area contributed by atoms with E-state index in [9.17, 15) is 14.3 Å². The number of carbonyl (C=O) groups is 1. The summed E-state index contributed by atoms with van der Waals surface area (Å²) in [5.41, 5.74) is 0.761. The minimum Gasteiger partial charge on any atom is -0.508 e. The van der Waals surface area contributed by atoms with Gasteiger partial charge in [0.05, 0.1) is 0 Å². The number of nitrogens with one attached hydrogen (secondary N) is 1. The Balaban J connectivity index is 2.03. The zero-order chi connectivity index (χ0) is 13.0. The van der Waals surface area contributed by atoms with E-state index in [1.54, 1.807) is 30.3 Å². The molecule has 0 saturated carbocycles. The standard InChI is InChI=1S/C14H12FNO2/c15-13-7-2-1-4-11(13)9-16-14(18)10-5-3-6-12(17)8-10/h1-8,17H,9H2,(H,16,18). The lowest BCUT2D eigenvalue weighted by molar-refractivity contribution is 0.0950. The van der Waals surface area contributed by atoms with E-state index in [1.807, 2.05) is 0 Å². The number of rotatable bonds is 3. The number of hydrogen-bond donors (Lipinski definition) is 2. The molecule has 0 aliphatic rings. The van der Waals surface area contributed by atoms with E-state index in [-0.39, 0.29) is 24.0 Å². The zero-order valence-corrected chi connectivity index (χ0v) is 9.56. The minimum atomic E-state index is -0.353. The molecule has 0 aliphatic carbocycles. The Labute approximate surface area is 104 Å². The van der Waals surface area contributed by atoms with Crippen molar-refractivity contribution >= 4 is 5.91 Å². The smallest absolute Gasteiger partial charge is 0.251 e. The predicted molar refractivity (Wildman–Crippen MR) is 65.7 cm³/mol. The van der Waals surface area contributed by atoms with Crippen LogP contribution >= 0.6 is 0 Å². The van der Waals surface area contributed by atoms with Gasteiger partial charge in [-0.15, -0.1) is 0 Å². The fourth-order valence-electron chi connectivity index (χ4n) is 1.57. The Bertz CT molecular complexity index is 569. The van der Waals surface area contributed by atoms with Crippen LogP contribution < -0.4 is 5.32 Å². The average Bonchev–Trinajstić information content (AvgIpc) is 2.37. The third-order valence-electron chi connectivity index (χ3n) is 2.51. The molecule has 18 heavy (non-hydrogen) atoms. The van der Waals surface area contributed by atoms with Crippen LogP contribution in [0.3, 0.4) is 0 Å². The third-order valence-corrected chi connectivity index (χ3v) is 2.51. The lowest BCUT2D eigenvalue weighted by Crippen LogP contribution is -2.23. The summed E-state index contributed by atoms with van der Waals surface area (Å²) in [7, 11) is 0. The molecule has 92 valence electrons. The van der Waals surface area contributed by atoms with Crippen LogP contribution in [-0.4, -0.2) is 11.0 Å². The highest BCUT2D eigenvalue weighted by Crippen LogP contribution is 2.11. The van der Waals surface area contributed by atoms with Crippen LogP contribution in [0.15, 0.2) is 48.5 Å². The quantitative estimate of drug-likeness (QED) is 0.872. The number of benzene rings is 2. The van der Waals surface area contributed by atoms with Crippen molar-refractivity contribution in [3.63, 3.8) is 0 Å². The van der Waals surface area contributed by atoms with E-state index in [0.29, 0.717) is 11.1 Å². The van der Waals surface area contributed by atoms with Crippen LogP contribution in [-0.2, 0) is 6.54 Å². The molecule has 0 saturated heterocycles. The summed E-state index contributed by atoms with van der Waals surface area (Å²) in [6.45, 7) is 0.112. The molecule has 0 radical (unpaired) electrons. The molecule has 2 rings (SSSR count). The van der Waals surface area contributed by atoms with Crippen molar-refractivity contribution in [1.82, 2.24) is 5.32 Å². The largest absolute Gasteiger partial charge is 0.508 e. The molecule has 2 aromatic rings. The van der Waals surface area contributed by atoms with Crippen molar-refractivity contribution in [3.05, 3.63) is 65.5 Å². The van der Waals surface area contributed by atoms with Crippen molar-refractivity contribution in [1.29, 1.82) is 0 Å². The van der Waals surface area contributed by atoms with Crippen LogP contribution in [0, 0.1) is 5.82 Å². The predicted octanol–water partition coefficient (Wildman–Crippen LogP) is 2.46. The maximum absolute atomic E-state index is 13.3. The average molecular weight is 245 g/mol. The van der Waals surface area contributed by atoms with Gasteiger partial charge in [-0.1, -0.05) is 24.3 Å². The van der Waals surface area contributed by atoms with E-state index < -0.39 is 0 Å². The van der Waals surface area contributed by atoms with Crippen LogP contribution in [0.4, 0.5) is 4.39 Å². The highest BCUT2D eigenvalue weighted by atomic mass is 19.1. The first-order valence-corrected chi connectivity index (χ1v) is 5.47. The highest BCUT2D eigenvalue weighted by Gasteiger charge is 2.07. The Hall–Kier alpha value is -2.36. The van der Waals surface area contributed by atoms with Gasteiger partial charge in [0.1, 0.15) is 11.6 Å². The van der Waals surface area contributed by atoms with Gasteiger partial charge in [-0.05, 0) is 24.3 Å². The van der Waals surface area contributed by atoms with E-state index in [0.717, 1.165) is 0 Å². The summed E-state index contributed by atoms with van der Waals surface area (Å²) >= 11 is 0. The lowest BCUT2D eigenvalue weighted by atomic mass is 10.2. The number of phenols is 1.